The van der Waals surface area contributed by atoms with Crippen LogP contribution in [0.4, 0.5) is 0 Å². The number of fused-ring (bicyclic) bond motifs is 1. The summed E-state index contributed by atoms with van der Waals surface area (Å²) in [4.78, 5) is 59.1. The summed E-state index contributed by atoms with van der Waals surface area (Å²) in [5, 5.41) is 6.40. The average Bonchev–Trinajstić information content (AvgIpc) is 3.01. The molecule has 9 nitrogen and oxygen atoms in total. The van der Waals surface area contributed by atoms with Crippen molar-refractivity contribution in [2.45, 2.75) is 31.7 Å². The summed E-state index contributed by atoms with van der Waals surface area (Å²) in [5.74, 6) is -0.415. The molecule has 0 bridgehead atoms. The molecule has 2 aromatic carbocycles. The van der Waals surface area contributed by atoms with Crippen LogP contribution in [-0.2, 0) is 16.0 Å². The van der Waals surface area contributed by atoms with E-state index in [1.54, 1.807) is 25.4 Å². The van der Waals surface area contributed by atoms with Crippen molar-refractivity contribution in [1.29, 1.82) is 0 Å². The quantitative estimate of drug-likeness (QED) is 0.310. The van der Waals surface area contributed by atoms with Crippen molar-refractivity contribution >= 4 is 28.6 Å². The Bertz CT molecular complexity index is 1590. The summed E-state index contributed by atoms with van der Waals surface area (Å²) < 4.78 is 0. The number of nitrogens with zero attached hydrogens (tertiary/aromatic N) is 2. The van der Waals surface area contributed by atoms with Crippen molar-refractivity contribution in [2.24, 2.45) is 5.92 Å². The van der Waals surface area contributed by atoms with Gasteiger partial charge in [0.15, 0.2) is 0 Å². The fourth-order valence-corrected chi connectivity index (χ4v) is 5.32. The number of H-pyrrole nitrogens is 1. The molecule has 2 aromatic heterocycles. The molecule has 0 spiro atoms. The molecular formula is C32H33N5O4. The number of pyridine rings is 2. The standard InChI is InChI=1S/C32H33N5O4/c1-33-31(40)28(36-32(41)27-11-8-25(20-34-27)23-5-3-2-4-6-23)18-21-13-15-37(16-14-21)30(39)19-22-7-10-26-24(17-22)9-12-29(38)35-26/h2-12,17,20-21,28H,13-16,18-19H2,1H3,(H,33,40)(H,35,38)(H,36,41). The molecule has 0 aliphatic carbocycles. The molecule has 1 unspecified atom stereocenters. The number of carbonyl (C=O) groups excluding carboxylic acids is 3. The highest BCUT2D eigenvalue weighted by Gasteiger charge is 2.29. The van der Waals surface area contributed by atoms with Gasteiger partial charge in [0.2, 0.25) is 17.4 Å². The van der Waals surface area contributed by atoms with Gasteiger partial charge < -0.3 is 20.5 Å². The van der Waals surface area contributed by atoms with Crippen LogP contribution in [0.5, 0.6) is 0 Å². The molecule has 0 radical (unpaired) electrons. The summed E-state index contributed by atoms with van der Waals surface area (Å²) in [7, 11) is 1.56. The third kappa shape index (κ3) is 6.87. The van der Waals surface area contributed by atoms with Gasteiger partial charge in [0.05, 0.1) is 6.42 Å². The number of hydrogen-bond acceptors (Lipinski definition) is 5. The van der Waals surface area contributed by atoms with Crippen LogP contribution in [0.15, 0.2) is 83.8 Å². The Morgan fingerprint density at radius 3 is 2.46 bits per heavy atom. The maximum Gasteiger partial charge on any atom is 0.270 e. The van der Waals surface area contributed by atoms with Gasteiger partial charge in [0, 0.05) is 43.5 Å². The molecule has 3 amide bonds. The Balaban J connectivity index is 1.15. The maximum atomic E-state index is 13.0. The Labute approximate surface area is 238 Å². The first-order chi connectivity index (χ1) is 19.9. The second kappa shape index (κ2) is 12.6. The summed E-state index contributed by atoms with van der Waals surface area (Å²) >= 11 is 0. The van der Waals surface area contributed by atoms with E-state index in [-0.39, 0.29) is 35.4 Å². The Morgan fingerprint density at radius 2 is 1.76 bits per heavy atom. The minimum Gasteiger partial charge on any atom is -0.357 e. The van der Waals surface area contributed by atoms with Crippen molar-refractivity contribution in [2.75, 3.05) is 20.1 Å². The van der Waals surface area contributed by atoms with Crippen molar-refractivity contribution in [3.05, 3.63) is 101 Å². The van der Waals surface area contributed by atoms with Gasteiger partial charge in [0.1, 0.15) is 11.7 Å². The highest BCUT2D eigenvalue weighted by atomic mass is 16.2. The number of aromatic nitrogens is 2. The van der Waals surface area contributed by atoms with Crippen LogP contribution < -0.4 is 16.2 Å². The molecule has 41 heavy (non-hydrogen) atoms. The number of likely N-dealkylation sites (tertiary alicyclic amines) is 1. The van der Waals surface area contributed by atoms with E-state index in [2.05, 4.69) is 20.6 Å². The Hall–Kier alpha value is -4.79. The normalized spacial score (nSPS) is 14.4. The largest absolute Gasteiger partial charge is 0.357 e. The first-order valence-electron chi connectivity index (χ1n) is 13.8. The number of amides is 3. The molecule has 1 atom stereocenters. The Morgan fingerprint density at radius 1 is 0.976 bits per heavy atom. The lowest BCUT2D eigenvalue weighted by Gasteiger charge is -2.33. The van der Waals surface area contributed by atoms with Gasteiger partial charge in [-0.1, -0.05) is 42.5 Å². The van der Waals surface area contributed by atoms with Crippen molar-refractivity contribution in [3.8, 4) is 11.1 Å². The maximum absolute atomic E-state index is 13.0. The number of carbonyl (C=O) groups is 3. The highest BCUT2D eigenvalue weighted by molar-refractivity contribution is 5.96. The zero-order valence-corrected chi connectivity index (χ0v) is 22.9. The van der Waals surface area contributed by atoms with Crippen LogP contribution in [0.25, 0.3) is 22.0 Å². The smallest absolute Gasteiger partial charge is 0.270 e. The molecule has 3 N–H and O–H groups in total. The van der Waals surface area contributed by atoms with E-state index in [9.17, 15) is 19.2 Å². The first kappa shape index (κ1) is 27.8. The molecule has 0 saturated carbocycles. The van der Waals surface area contributed by atoms with E-state index < -0.39 is 11.9 Å². The molecule has 1 aliphatic rings. The molecule has 4 aromatic rings. The molecule has 210 valence electrons. The van der Waals surface area contributed by atoms with Gasteiger partial charge in [-0.25, -0.2) is 0 Å². The number of piperidine rings is 1. The van der Waals surface area contributed by atoms with Crippen LogP contribution >= 0.6 is 0 Å². The lowest BCUT2D eigenvalue weighted by molar-refractivity contribution is -0.132. The second-order valence-electron chi connectivity index (χ2n) is 10.4. The number of nitrogens with one attached hydrogen (secondary N) is 3. The number of likely N-dealkylation sites (N-methyl/N-ethyl adjacent to an activating group) is 1. The predicted molar refractivity (Wildman–Crippen MR) is 157 cm³/mol. The second-order valence-corrected chi connectivity index (χ2v) is 10.4. The number of hydrogen-bond donors (Lipinski definition) is 3. The minimum atomic E-state index is -0.695. The van der Waals surface area contributed by atoms with Crippen LogP contribution in [0.2, 0.25) is 0 Å². The van der Waals surface area contributed by atoms with E-state index >= 15 is 0 Å². The third-order valence-electron chi connectivity index (χ3n) is 7.65. The summed E-state index contributed by atoms with van der Waals surface area (Å²) in [6, 6.07) is 21.4. The van der Waals surface area contributed by atoms with Crippen LogP contribution in [0.1, 0.15) is 35.3 Å². The fraction of sp³-hybridized carbons (Fsp3) is 0.281. The average molecular weight is 552 g/mol. The van der Waals surface area contributed by atoms with E-state index in [4.69, 9.17) is 0 Å². The van der Waals surface area contributed by atoms with Crippen molar-refractivity contribution in [3.63, 3.8) is 0 Å². The van der Waals surface area contributed by atoms with E-state index in [1.165, 1.54) is 6.07 Å². The number of benzene rings is 2. The van der Waals surface area contributed by atoms with Crippen LogP contribution in [0, 0.1) is 5.92 Å². The molecule has 9 heteroatoms. The first-order valence-corrected chi connectivity index (χ1v) is 13.8. The van der Waals surface area contributed by atoms with Gasteiger partial charge in [-0.15, -0.1) is 0 Å². The van der Waals surface area contributed by atoms with Crippen molar-refractivity contribution in [1.82, 2.24) is 25.5 Å². The van der Waals surface area contributed by atoms with E-state index in [0.717, 1.165) is 40.4 Å². The molecule has 1 aliphatic heterocycles. The topological polar surface area (TPSA) is 124 Å². The van der Waals surface area contributed by atoms with Crippen LogP contribution in [-0.4, -0.2) is 58.8 Å². The Kier molecular flexibility index (Phi) is 8.53. The van der Waals surface area contributed by atoms with E-state index in [1.807, 2.05) is 59.5 Å². The van der Waals surface area contributed by atoms with Gasteiger partial charge >= 0.3 is 0 Å². The summed E-state index contributed by atoms with van der Waals surface area (Å²) in [6.45, 7) is 1.20. The lowest BCUT2D eigenvalue weighted by atomic mass is 9.89. The van der Waals surface area contributed by atoms with Crippen molar-refractivity contribution < 1.29 is 14.4 Å². The zero-order valence-electron chi connectivity index (χ0n) is 22.9. The zero-order chi connectivity index (χ0) is 28.8. The van der Waals surface area contributed by atoms with Gasteiger partial charge in [0.25, 0.3) is 5.91 Å². The highest BCUT2D eigenvalue weighted by Crippen LogP contribution is 2.24. The monoisotopic (exact) mass is 551 g/mol. The molecule has 5 rings (SSSR count). The predicted octanol–water partition coefficient (Wildman–Crippen LogP) is 3.31. The summed E-state index contributed by atoms with van der Waals surface area (Å²) in [5.41, 5.74) is 3.64. The lowest BCUT2D eigenvalue weighted by Crippen LogP contribution is -2.48. The van der Waals surface area contributed by atoms with Gasteiger partial charge in [-0.05, 0) is 66.0 Å². The van der Waals surface area contributed by atoms with Gasteiger partial charge in [-0.2, -0.15) is 0 Å². The SMILES string of the molecule is CNC(=O)C(CC1CCN(C(=O)Cc2ccc3[nH]c(=O)ccc3c2)CC1)NC(=O)c1ccc(-c2ccccc2)cn1. The minimum absolute atomic E-state index is 0.0494. The number of rotatable bonds is 8. The molecule has 1 saturated heterocycles. The number of aromatic amines is 1. The molecular weight excluding hydrogens is 518 g/mol. The fourth-order valence-electron chi connectivity index (χ4n) is 5.32. The molecule has 3 heterocycles. The van der Waals surface area contributed by atoms with Gasteiger partial charge in [-0.3, -0.25) is 24.2 Å². The van der Waals surface area contributed by atoms with E-state index in [0.29, 0.717) is 19.5 Å². The van der Waals surface area contributed by atoms with Crippen LogP contribution in [0.3, 0.4) is 0 Å². The molecule has 1 fully saturated rings. The third-order valence-corrected chi connectivity index (χ3v) is 7.65. The summed E-state index contributed by atoms with van der Waals surface area (Å²) in [6.07, 6.45) is 3.92.